The van der Waals surface area contributed by atoms with Crippen molar-refractivity contribution in [3.63, 3.8) is 0 Å². The number of rotatable bonds is 6. The van der Waals surface area contributed by atoms with Crippen molar-refractivity contribution >= 4 is 50.7 Å². The number of fused-ring (bicyclic) bond motifs is 4. The average molecular weight is 453 g/mol. The molecular weight excluding hydrogens is 430 g/mol. The third-order valence-electron chi connectivity index (χ3n) is 5.88. The molecule has 0 spiro atoms. The van der Waals surface area contributed by atoms with Crippen LogP contribution in [0, 0.1) is 6.92 Å². The topological polar surface area (TPSA) is 85.8 Å². The second kappa shape index (κ2) is 8.86. The highest BCUT2D eigenvalue weighted by Crippen LogP contribution is 2.28. The third kappa shape index (κ3) is 3.81. The highest BCUT2D eigenvalue weighted by molar-refractivity contribution is 6.08. The molecule has 0 radical (unpaired) electrons. The summed E-state index contributed by atoms with van der Waals surface area (Å²) >= 11 is 0. The predicted molar refractivity (Wildman–Crippen MR) is 132 cm³/mol. The minimum Gasteiger partial charge on any atom is -0.465 e. The molecule has 0 saturated carbocycles. The first-order valence-electron chi connectivity index (χ1n) is 11.0. The number of aromatic nitrogens is 1. The van der Waals surface area contributed by atoms with Gasteiger partial charge in [-0.2, -0.15) is 5.10 Å². The molecule has 2 aromatic heterocycles. The Morgan fingerprint density at radius 3 is 2.62 bits per heavy atom. The fraction of sp³-hybridized carbons (Fsp3) is 0.148. The summed E-state index contributed by atoms with van der Waals surface area (Å²) in [6.07, 6.45) is 1.59. The summed E-state index contributed by atoms with van der Waals surface area (Å²) < 4.78 is 12.8. The number of nitrogens with zero attached hydrogens (tertiary/aromatic N) is 2. The number of hydrazone groups is 1. The zero-order chi connectivity index (χ0) is 23.7. The van der Waals surface area contributed by atoms with Crippen molar-refractivity contribution in [1.29, 1.82) is 0 Å². The Morgan fingerprint density at radius 1 is 1.03 bits per heavy atom. The van der Waals surface area contributed by atoms with Gasteiger partial charge in [-0.15, -0.1) is 0 Å². The van der Waals surface area contributed by atoms with E-state index in [1.165, 1.54) is 0 Å². The van der Waals surface area contributed by atoms with Crippen LogP contribution in [0.5, 0.6) is 0 Å². The van der Waals surface area contributed by atoms with E-state index in [4.69, 9.17) is 9.15 Å². The first-order chi connectivity index (χ1) is 16.6. The van der Waals surface area contributed by atoms with E-state index >= 15 is 0 Å². The van der Waals surface area contributed by atoms with Gasteiger partial charge in [-0.25, -0.2) is 5.43 Å². The number of benzene rings is 3. The number of amides is 1. The van der Waals surface area contributed by atoms with E-state index < -0.39 is 5.91 Å². The van der Waals surface area contributed by atoms with Gasteiger partial charge in [0, 0.05) is 27.5 Å². The zero-order valence-electron chi connectivity index (χ0n) is 18.9. The predicted octanol–water partition coefficient (Wildman–Crippen LogP) is 5.18. The molecule has 0 saturated heterocycles. The number of ether oxygens (including phenoxy) is 1. The Kier molecular flexibility index (Phi) is 5.59. The van der Waals surface area contributed by atoms with Crippen molar-refractivity contribution in [3.05, 3.63) is 83.7 Å². The summed E-state index contributed by atoms with van der Waals surface area (Å²) in [5.41, 5.74) is 5.76. The van der Waals surface area contributed by atoms with E-state index in [0.717, 1.165) is 38.3 Å². The van der Waals surface area contributed by atoms with Crippen LogP contribution in [0.4, 0.5) is 0 Å². The van der Waals surface area contributed by atoms with Crippen molar-refractivity contribution in [2.75, 3.05) is 6.61 Å². The molecule has 7 heteroatoms. The number of carbonyl (C=O) groups is 2. The SMILES string of the molecule is CCOC(=O)Cn1c(C)c(/C=N\NC(=O)c2cc3c(ccc4ccccc43)o2)c2ccccc21. The highest BCUT2D eigenvalue weighted by Gasteiger charge is 2.16. The molecule has 5 rings (SSSR count). The van der Waals surface area contributed by atoms with E-state index in [9.17, 15) is 9.59 Å². The van der Waals surface area contributed by atoms with Gasteiger partial charge < -0.3 is 13.7 Å². The number of para-hydroxylation sites is 1. The van der Waals surface area contributed by atoms with Crippen LogP contribution in [0.25, 0.3) is 32.6 Å². The molecule has 1 N–H and O–H groups in total. The van der Waals surface area contributed by atoms with Crippen molar-refractivity contribution < 1.29 is 18.7 Å². The maximum absolute atomic E-state index is 12.7. The summed E-state index contributed by atoms with van der Waals surface area (Å²) in [4.78, 5) is 24.8. The molecule has 0 bridgehead atoms. The lowest BCUT2D eigenvalue weighted by Crippen LogP contribution is -2.17. The van der Waals surface area contributed by atoms with E-state index in [1.807, 2.05) is 72.2 Å². The van der Waals surface area contributed by atoms with Crippen molar-refractivity contribution in [2.45, 2.75) is 20.4 Å². The van der Waals surface area contributed by atoms with Crippen LogP contribution in [0.1, 0.15) is 28.7 Å². The number of esters is 1. The number of carbonyl (C=O) groups excluding carboxylic acids is 2. The van der Waals surface area contributed by atoms with Crippen LogP contribution < -0.4 is 5.43 Å². The van der Waals surface area contributed by atoms with Gasteiger partial charge in [0.25, 0.3) is 0 Å². The Bertz CT molecular complexity index is 1580. The molecule has 0 atom stereocenters. The summed E-state index contributed by atoms with van der Waals surface area (Å²) in [6, 6.07) is 21.3. The van der Waals surface area contributed by atoms with Crippen molar-refractivity contribution in [2.24, 2.45) is 5.10 Å². The smallest absolute Gasteiger partial charge is 0.325 e. The molecule has 34 heavy (non-hydrogen) atoms. The first-order valence-corrected chi connectivity index (χ1v) is 11.0. The Balaban J connectivity index is 1.41. The normalized spacial score (nSPS) is 11.6. The van der Waals surface area contributed by atoms with Gasteiger partial charge in [0.05, 0.1) is 12.8 Å². The van der Waals surface area contributed by atoms with Crippen LogP contribution in [0.3, 0.4) is 0 Å². The van der Waals surface area contributed by atoms with E-state index in [-0.39, 0.29) is 18.3 Å². The number of nitrogens with one attached hydrogen (secondary N) is 1. The number of furan rings is 1. The quantitative estimate of drug-likeness (QED) is 0.218. The molecule has 2 heterocycles. The van der Waals surface area contributed by atoms with Crippen LogP contribution in [-0.2, 0) is 16.1 Å². The van der Waals surface area contributed by atoms with Gasteiger partial charge >= 0.3 is 11.9 Å². The lowest BCUT2D eigenvalue weighted by molar-refractivity contribution is -0.143. The third-order valence-corrected chi connectivity index (χ3v) is 5.88. The molecule has 0 fully saturated rings. The van der Waals surface area contributed by atoms with Gasteiger partial charge in [0.2, 0.25) is 0 Å². The lowest BCUT2D eigenvalue weighted by Gasteiger charge is -2.07. The lowest BCUT2D eigenvalue weighted by atomic mass is 10.1. The molecule has 7 nitrogen and oxygen atoms in total. The van der Waals surface area contributed by atoms with Gasteiger partial charge in [-0.05, 0) is 42.8 Å². The molecular formula is C27H23N3O4. The van der Waals surface area contributed by atoms with E-state index in [2.05, 4.69) is 10.5 Å². The molecule has 0 aliphatic rings. The monoisotopic (exact) mass is 453 g/mol. The van der Waals surface area contributed by atoms with Gasteiger partial charge in [-0.3, -0.25) is 9.59 Å². The van der Waals surface area contributed by atoms with Crippen LogP contribution >= 0.6 is 0 Å². The second-order valence-electron chi connectivity index (χ2n) is 7.92. The van der Waals surface area contributed by atoms with Crippen LogP contribution in [0.15, 0.2) is 76.2 Å². The molecule has 170 valence electrons. The fourth-order valence-corrected chi connectivity index (χ4v) is 4.28. The fourth-order valence-electron chi connectivity index (χ4n) is 4.28. The van der Waals surface area contributed by atoms with E-state index in [0.29, 0.717) is 12.2 Å². The molecule has 5 aromatic rings. The number of hydrogen-bond acceptors (Lipinski definition) is 5. The average Bonchev–Trinajstić information content (AvgIpc) is 3.40. The molecule has 0 unspecified atom stereocenters. The minimum absolute atomic E-state index is 0.104. The number of hydrogen-bond donors (Lipinski definition) is 1. The maximum Gasteiger partial charge on any atom is 0.325 e. The minimum atomic E-state index is -0.440. The molecule has 0 aliphatic carbocycles. The standard InChI is InChI=1S/C27H23N3O4/c1-3-33-26(31)16-30-17(2)22(20-10-6-7-11-23(20)30)15-28-29-27(32)25-14-21-19-9-5-4-8-18(19)12-13-24(21)34-25/h4-15H,3,16H2,1-2H3,(H,29,32)/b28-15-. The summed E-state index contributed by atoms with van der Waals surface area (Å²) in [5, 5.41) is 8.09. The van der Waals surface area contributed by atoms with Gasteiger partial charge in [0.15, 0.2) is 5.76 Å². The second-order valence-corrected chi connectivity index (χ2v) is 7.92. The van der Waals surface area contributed by atoms with Crippen LogP contribution in [0.2, 0.25) is 0 Å². The van der Waals surface area contributed by atoms with Crippen LogP contribution in [-0.4, -0.2) is 29.3 Å². The Morgan fingerprint density at radius 2 is 1.79 bits per heavy atom. The first kappa shape index (κ1) is 21.5. The summed E-state index contributed by atoms with van der Waals surface area (Å²) in [6.45, 7) is 4.12. The van der Waals surface area contributed by atoms with Gasteiger partial charge in [-0.1, -0.05) is 48.5 Å². The van der Waals surface area contributed by atoms with Crippen molar-refractivity contribution in [1.82, 2.24) is 9.99 Å². The van der Waals surface area contributed by atoms with E-state index in [1.54, 1.807) is 19.2 Å². The van der Waals surface area contributed by atoms with Gasteiger partial charge in [0.1, 0.15) is 12.1 Å². The molecule has 0 aliphatic heterocycles. The van der Waals surface area contributed by atoms with Crippen molar-refractivity contribution in [3.8, 4) is 0 Å². The molecule has 1 amide bonds. The highest BCUT2D eigenvalue weighted by atomic mass is 16.5. The maximum atomic E-state index is 12.7. The summed E-state index contributed by atoms with van der Waals surface area (Å²) in [7, 11) is 0. The largest absolute Gasteiger partial charge is 0.465 e. The Hall–Kier alpha value is -4.39. The summed E-state index contributed by atoms with van der Waals surface area (Å²) in [5.74, 6) is -0.560. The Labute approximate surface area is 195 Å². The zero-order valence-corrected chi connectivity index (χ0v) is 18.9. The molecule has 3 aromatic carbocycles.